The topological polar surface area (TPSA) is 76.7 Å². The molecule has 1 aliphatic heterocycles. The van der Waals surface area contributed by atoms with Gasteiger partial charge in [0.2, 0.25) is 5.91 Å². The van der Waals surface area contributed by atoms with E-state index >= 15 is 0 Å². The Labute approximate surface area is 156 Å². The summed E-state index contributed by atoms with van der Waals surface area (Å²) >= 11 is 6.19. The second kappa shape index (κ2) is 8.10. The minimum Gasteiger partial charge on any atom is -0.486 e. The van der Waals surface area contributed by atoms with E-state index in [-0.39, 0.29) is 18.2 Å². The summed E-state index contributed by atoms with van der Waals surface area (Å²) in [5.41, 5.74) is 2.24. The molecule has 2 aromatic rings. The molecule has 0 spiro atoms. The summed E-state index contributed by atoms with van der Waals surface area (Å²) in [6.07, 6.45) is 0.187. The molecule has 0 bridgehead atoms. The maximum absolute atomic E-state index is 12.2. The molecule has 0 aromatic heterocycles. The zero-order valence-electron chi connectivity index (χ0n) is 14.3. The average Bonchev–Trinajstić information content (AvgIpc) is 2.66. The van der Waals surface area contributed by atoms with E-state index in [4.69, 9.17) is 21.1 Å². The van der Waals surface area contributed by atoms with Crippen molar-refractivity contribution in [1.82, 2.24) is 10.6 Å². The van der Waals surface area contributed by atoms with Gasteiger partial charge in [0.25, 0.3) is 5.91 Å². The van der Waals surface area contributed by atoms with Crippen molar-refractivity contribution in [2.45, 2.75) is 13.0 Å². The summed E-state index contributed by atoms with van der Waals surface area (Å²) in [4.78, 5) is 23.7. The van der Waals surface area contributed by atoms with Gasteiger partial charge in [-0.1, -0.05) is 23.7 Å². The second-order valence-corrected chi connectivity index (χ2v) is 6.24. The molecule has 6 nitrogen and oxygen atoms in total. The zero-order valence-corrected chi connectivity index (χ0v) is 15.1. The largest absolute Gasteiger partial charge is 0.486 e. The maximum Gasteiger partial charge on any atom is 0.251 e. The molecule has 7 heteroatoms. The first kappa shape index (κ1) is 18.1. The van der Waals surface area contributed by atoms with Crippen molar-refractivity contribution in [1.29, 1.82) is 0 Å². The second-order valence-electron chi connectivity index (χ2n) is 5.83. The van der Waals surface area contributed by atoms with Crippen molar-refractivity contribution in [2.24, 2.45) is 0 Å². The van der Waals surface area contributed by atoms with Crippen LogP contribution in [0.3, 0.4) is 0 Å². The summed E-state index contributed by atoms with van der Waals surface area (Å²) in [6, 6.07) is 10.6. The van der Waals surface area contributed by atoms with E-state index < -0.39 is 0 Å². The number of carbonyl (C=O) groups excluding carboxylic acids is 2. The Morgan fingerprint density at radius 1 is 1.08 bits per heavy atom. The normalized spacial score (nSPS) is 12.4. The number of ether oxygens (including phenoxy) is 2. The molecule has 0 unspecified atom stereocenters. The first-order valence-electron chi connectivity index (χ1n) is 8.22. The Kier molecular flexibility index (Phi) is 5.63. The highest BCUT2D eigenvalue weighted by molar-refractivity contribution is 6.32. The molecule has 3 rings (SSSR count). The van der Waals surface area contributed by atoms with Gasteiger partial charge in [0.15, 0.2) is 11.5 Å². The number of hydrogen-bond donors (Lipinski definition) is 2. The number of carbonyl (C=O) groups is 2. The predicted octanol–water partition coefficient (Wildman–Crippen LogP) is 2.33. The van der Waals surface area contributed by atoms with Crippen LogP contribution in [0, 0.1) is 0 Å². The number of nitrogens with one attached hydrogen (secondary N) is 2. The van der Waals surface area contributed by atoms with Crippen LogP contribution in [0.4, 0.5) is 0 Å². The zero-order chi connectivity index (χ0) is 18.5. The lowest BCUT2D eigenvalue weighted by molar-refractivity contribution is -0.120. The van der Waals surface area contributed by atoms with Crippen molar-refractivity contribution >= 4 is 23.4 Å². The Morgan fingerprint density at radius 3 is 2.54 bits per heavy atom. The third kappa shape index (κ3) is 4.26. The molecule has 0 aliphatic carbocycles. The summed E-state index contributed by atoms with van der Waals surface area (Å²) in [7, 11) is 1.58. The van der Waals surface area contributed by atoms with E-state index in [0.29, 0.717) is 41.8 Å². The van der Waals surface area contributed by atoms with Crippen molar-refractivity contribution in [3.8, 4) is 11.5 Å². The van der Waals surface area contributed by atoms with Gasteiger partial charge in [-0.3, -0.25) is 9.59 Å². The summed E-state index contributed by atoms with van der Waals surface area (Å²) in [5, 5.41) is 5.86. The van der Waals surface area contributed by atoms with Crippen molar-refractivity contribution in [2.75, 3.05) is 20.3 Å². The van der Waals surface area contributed by atoms with E-state index in [1.807, 2.05) is 12.1 Å². The summed E-state index contributed by atoms with van der Waals surface area (Å²) in [6.45, 7) is 1.31. The molecule has 2 amide bonds. The molecule has 0 radical (unpaired) electrons. The number of fused-ring (bicyclic) bond motifs is 1. The standard InChI is InChI=1S/C19H19ClN2O4/c1-21-19(24)14-4-2-12(3-5-14)11-22-17(23)10-13-8-15(20)18-16(9-13)25-6-7-26-18/h2-5,8-9H,6-7,10-11H2,1H3,(H,21,24)(H,22,23). The lowest BCUT2D eigenvalue weighted by Gasteiger charge is -2.20. The van der Waals surface area contributed by atoms with Gasteiger partial charge in [0, 0.05) is 19.2 Å². The fraction of sp³-hybridized carbons (Fsp3) is 0.263. The van der Waals surface area contributed by atoms with E-state index in [1.54, 1.807) is 31.3 Å². The van der Waals surface area contributed by atoms with Gasteiger partial charge in [-0.05, 0) is 35.4 Å². The number of hydrogen-bond acceptors (Lipinski definition) is 4. The van der Waals surface area contributed by atoms with E-state index in [1.165, 1.54) is 0 Å². The van der Waals surface area contributed by atoms with Gasteiger partial charge in [-0.25, -0.2) is 0 Å². The number of amides is 2. The van der Waals surface area contributed by atoms with Gasteiger partial charge >= 0.3 is 0 Å². The quantitative estimate of drug-likeness (QED) is 0.842. The molecule has 1 aliphatic rings. The van der Waals surface area contributed by atoms with Crippen LogP contribution in [-0.4, -0.2) is 32.1 Å². The van der Waals surface area contributed by atoms with Crippen LogP contribution in [0.2, 0.25) is 5.02 Å². The highest BCUT2D eigenvalue weighted by atomic mass is 35.5. The van der Waals surface area contributed by atoms with Crippen molar-refractivity contribution in [3.63, 3.8) is 0 Å². The van der Waals surface area contributed by atoms with E-state index in [2.05, 4.69) is 10.6 Å². The molecular weight excluding hydrogens is 356 g/mol. The predicted molar refractivity (Wildman–Crippen MR) is 97.8 cm³/mol. The molecule has 26 heavy (non-hydrogen) atoms. The van der Waals surface area contributed by atoms with Crippen LogP contribution in [-0.2, 0) is 17.8 Å². The summed E-state index contributed by atoms with van der Waals surface area (Å²) in [5.74, 6) is 0.818. The van der Waals surface area contributed by atoms with Gasteiger partial charge in [-0.15, -0.1) is 0 Å². The Hall–Kier alpha value is -2.73. The van der Waals surface area contributed by atoms with Gasteiger partial charge in [-0.2, -0.15) is 0 Å². The van der Waals surface area contributed by atoms with Crippen molar-refractivity contribution < 1.29 is 19.1 Å². The Balaban J connectivity index is 1.57. The third-order valence-corrected chi connectivity index (χ3v) is 4.23. The maximum atomic E-state index is 12.2. The monoisotopic (exact) mass is 374 g/mol. The number of halogens is 1. The molecule has 2 N–H and O–H groups in total. The number of benzene rings is 2. The average molecular weight is 375 g/mol. The van der Waals surface area contributed by atoms with Crippen LogP contribution < -0.4 is 20.1 Å². The molecule has 136 valence electrons. The highest BCUT2D eigenvalue weighted by Gasteiger charge is 2.17. The molecular formula is C19H19ClN2O4. The molecule has 0 saturated carbocycles. The minimum absolute atomic E-state index is 0.131. The third-order valence-electron chi connectivity index (χ3n) is 3.95. The van der Waals surface area contributed by atoms with Crippen LogP contribution in [0.1, 0.15) is 21.5 Å². The molecule has 0 saturated heterocycles. The lowest BCUT2D eigenvalue weighted by Crippen LogP contribution is -2.25. The summed E-state index contributed by atoms with van der Waals surface area (Å²) < 4.78 is 11.0. The molecule has 1 heterocycles. The first-order chi connectivity index (χ1) is 12.6. The highest BCUT2D eigenvalue weighted by Crippen LogP contribution is 2.38. The number of rotatable bonds is 5. The molecule has 2 aromatic carbocycles. The SMILES string of the molecule is CNC(=O)c1ccc(CNC(=O)Cc2cc(Cl)c3c(c2)OCCO3)cc1. The Bertz CT molecular complexity index is 821. The van der Waals surface area contributed by atoms with E-state index in [9.17, 15) is 9.59 Å². The Morgan fingerprint density at radius 2 is 1.81 bits per heavy atom. The minimum atomic E-state index is -0.143. The molecule has 0 fully saturated rings. The van der Waals surface area contributed by atoms with Gasteiger partial charge < -0.3 is 20.1 Å². The van der Waals surface area contributed by atoms with E-state index in [0.717, 1.165) is 11.1 Å². The van der Waals surface area contributed by atoms with Crippen LogP contribution >= 0.6 is 11.6 Å². The van der Waals surface area contributed by atoms with Crippen LogP contribution in [0.15, 0.2) is 36.4 Å². The fourth-order valence-electron chi connectivity index (χ4n) is 2.63. The van der Waals surface area contributed by atoms with Gasteiger partial charge in [0.05, 0.1) is 11.4 Å². The van der Waals surface area contributed by atoms with Crippen LogP contribution in [0.25, 0.3) is 0 Å². The lowest BCUT2D eigenvalue weighted by atomic mass is 10.1. The molecule has 0 atom stereocenters. The first-order valence-corrected chi connectivity index (χ1v) is 8.60. The smallest absolute Gasteiger partial charge is 0.251 e. The van der Waals surface area contributed by atoms with Crippen molar-refractivity contribution in [3.05, 3.63) is 58.1 Å². The van der Waals surface area contributed by atoms with Crippen LogP contribution in [0.5, 0.6) is 11.5 Å². The fourth-order valence-corrected chi connectivity index (χ4v) is 2.92. The van der Waals surface area contributed by atoms with Gasteiger partial charge in [0.1, 0.15) is 13.2 Å².